The molecule has 2 nitrogen and oxygen atoms in total. The van der Waals surface area contributed by atoms with E-state index in [2.05, 4.69) is 6.58 Å². The van der Waals surface area contributed by atoms with Crippen molar-refractivity contribution in [1.82, 2.24) is 0 Å². The highest BCUT2D eigenvalue weighted by molar-refractivity contribution is 5.94. The smallest absolute Gasteiger partial charge is 0.159 e. The first-order chi connectivity index (χ1) is 7.50. The molecule has 0 aliphatic heterocycles. The Morgan fingerprint density at radius 3 is 2.56 bits per heavy atom. The number of hydrogen-bond donors (Lipinski definition) is 0. The van der Waals surface area contributed by atoms with Crippen LogP contribution in [0.5, 0.6) is 5.75 Å². The highest BCUT2D eigenvalue weighted by Gasteiger charge is 2.04. The van der Waals surface area contributed by atoms with Crippen LogP contribution >= 0.6 is 0 Å². The van der Waals surface area contributed by atoms with E-state index in [0.29, 0.717) is 6.61 Å². The number of ether oxygens (including phenoxy) is 1. The van der Waals surface area contributed by atoms with E-state index in [1.807, 2.05) is 26.0 Å². The molecule has 0 aliphatic rings. The summed E-state index contributed by atoms with van der Waals surface area (Å²) in [5, 5.41) is 0. The summed E-state index contributed by atoms with van der Waals surface area (Å²) in [4.78, 5) is 11.2. The van der Waals surface area contributed by atoms with Crippen LogP contribution in [0.2, 0.25) is 0 Å². The number of carbonyl (C=O) groups is 1. The number of rotatable bonds is 5. The van der Waals surface area contributed by atoms with Gasteiger partial charge >= 0.3 is 0 Å². The summed E-state index contributed by atoms with van der Waals surface area (Å²) in [7, 11) is 0. The number of carbonyl (C=O) groups excluding carboxylic acids is 1. The van der Waals surface area contributed by atoms with E-state index in [1.54, 1.807) is 13.0 Å². The highest BCUT2D eigenvalue weighted by Crippen LogP contribution is 2.19. The lowest BCUT2D eigenvalue weighted by Crippen LogP contribution is -2.00. The first kappa shape index (κ1) is 12.5. The predicted molar refractivity (Wildman–Crippen MR) is 66.1 cm³/mol. The molecule has 0 saturated carbocycles. The lowest BCUT2D eigenvalue weighted by atomic mass is 10.1. The van der Waals surface area contributed by atoms with Crippen LogP contribution in [0.4, 0.5) is 0 Å². The number of hydrogen-bond acceptors (Lipinski definition) is 2. The molecule has 0 atom stereocenters. The third kappa shape index (κ3) is 3.54. The van der Waals surface area contributed by atoms with Gasteiger partial charge in [-0.05, 0) is 44.5 Å². The van der Waals surface area contributed by atoms with Gasteiger partial charge in [-0.3, -0.25) is 4.79 Å². The Hall–Kier alpha value is -1.57. The van der Waals surface area contributed by atoms with Gasteiger partial charge in [-0.1, -0.05) is 5.57 Å². The number of ketones is 1. The van der Waals surface area contributed by atoms with Crippen molar-refractivity contribution in [3.05, 3.63) is 41.5 Å². The van der Waals surface area contributed by atoms with Gasteiger partial charge in [-0.25, -0.2) is 0 Å². The summed E-state index contributed by atoms with van der Waals surface area (Å²) >= 11 is 0. The molecule has 0 bridgehead atoms. The second kappa shape index (κ2) is 5.50. The Morgan fingerprint density at radius 1 is 1.38 bits per heavy atom. The van der Waals surface area contributed by atoms with Gasteiger partial charge in [0.2, 0.25) is 0 Å². The SMILES string of the molecule is C=C(C)CCOc1ccc(C(C)=O)cc1C. The van der Waals surface area contributed by atoms with Gasteiger partial charge in [-0.2, -0.15) is 0 Å². The van der Waals surface area contributed by atoms with E-state index in [4.69, 9.17) is 4.74 Å². The summed E-state index contributed by atoms with van der Waals surface area (Å²) in [5.41, 5.74) is 2.83. The molecule has 0 N–H and O–H groups in total. The van der Waals surface area contributed by atoms with Gasteiger partial charge in [0, 0.05) is 12.0 Å². The second-order valence-electron chi connectivity index (χ2n) is 4.09. The minimum absolute atomic E-state index is 0.0802. The summed E-state index contributed by atoms with van der Waals surface area (Å²) < 4.78 is 5.61. The highest BCUT2D eigenvalue weighted by atomic mass is 16.5. The third-order valence-corrected chi connectivity index (χ3v) is 2.37. The van der Waals surface area contributed by atoms with Crippen molar-refractivity contribution in [1.29, 1.82) is 0 Å². The summed E-state index contributed by atoms with van der Waals surface area (Å²) in [6, 6.07) is 5.51. The first-order valence-corrected chi connectivity index (χ1v) is 5.39. The van der Waals surface area contributed by atoms with Crippen molar-refractivity contribution >= 4 is 5.78 Å². The lowest BCUT2D eigenvalue weighted by Gasteiger charge is -2.09. The molecule has 0 amide bonds. The van der Waals surface area contributed by atoms with Crippen molar-refractivity contribution in [2.75, 3.05) is 6.61 Å². The van der Waals surface area contributed by atoms with E-state index < -0.39 is 0 Å². The Balaban J connectivity index is 2.68. The van der Waals surface area contributed by atoms with E-state index in [9.17, 15) is 4.79 Å². The molecule has 1 aromatic rings. The zero-order valence-corrected chi connectivity index (χ0v) is 10.2. The molecular weight excluding hydrogens is 200 g/mol. The van der Waals surface area contributed by atoms with Crippen LogP contribution in [-0.4, -0.2) is 12.4 Å². The molecule has 0 aromatic heterocycles. The van der Waals surface area contributed by atoms with Crippen LogP contribution in [-0.2, 0) is 0 Å². The van der Waals surface area contributed by atoms with Crippen LogP contribution in [0, 0.1) is 6.92 Å². The molecular formula is C14H18O2. The normalized spacial score (nSPS) is 9.94. The quantitative estimate of drug-likeness (QED) is 0.558. The number of Topliss-reactive ketones (excluding diaryl/α,β-unsaturated/α-hetero) is 1. The minimum atomic E-state index is 0.0802. The molecule has 0 aliphatic carbocycles. The van der Waals surface area contributed by atoms with Crippen molar-refractivity contribution in [2.45, 2.75) is 27.2 Å². The zero-order chi connectivity index (χ0) is 12.1. The standard InChI is InChI=1S/C14H18O2/c1-10(2)7-8-16-14-6-5-13(12(4)15)9-11(14)3/h5-6,9H,1,7-8H2,2-4H3. The molecule has 1 rings (SSSR count). The average molecular weight is 218 g/mol. The lowest BCUT2D eigenvalue weighted by molar-refractivity contribution is 0.101. The van der Waals surface area contributed by atoms with Crippen molar-refractivity contribution in [3.8, 4) is 5.75 Å². The minimum Gasteiger partial charge on any atom is -0.493 e. The van der Waals surface area contributed by atoms with Gasteiger partial charge in [0.05, 0.1) is 6.61 Å². The molecule has 16 heavy (non-hydrogen) atoms. The van der Waals surface area contributed by atoms with Gasteiger partial charge in [0.25, 0.3) is 0 Å². The van der Waals surface area contributed by atoms with Crippen LogP contribution in [0.3, 0.4) is 0 Å². The van der Waals surface area contributed by atoms with Crippen LogP contribution < -0.4 is 4.74 Å². The van der Waals surface area contributed by atoms with E-state index in [-0.39, 0.29) is 5.78 Å². The van der Waals surface area contributed by atoms with Crippen LogP contribution in [0.1, 0.15) is 36.2 Å². The number of benzene rings is 1. The van der Waals surface area contributed by atoms with Gasteiger partial charge in [0.1, 0.15) is 5.75 Å². The largest absolute Gasteiger partial charge is 0.493 e. The Labute approximate surface area is 96.9 Å². The first-order valence-electron chi connectivity index (χ1n) is 5.39. The van der Waals surface area contributed by atoms with E-state index in [0.717, 1.165) is 28.9 Å². The zero-order valence-electron chi connectivity index (χ0n) is 10.2. The average Bonchev–Trinajstić information content (AvgIpc) is 2.19. The molecule has 2 heteroatoms. The monoisotopic (exact) mass is 218 g/mol. The fraction of sp³-hybridized carbons (Fsp3) is 0.357. The van der Waals surface area contributed by atoms with Crippen LogP contribution in [0.15, 0.2) is 30.4 Å². The maximum absolute atomic E-state index is 11.2. The third-order valence-electron chi connectivity index (χ3n) is 2.37. The van der Waals surface area contributed by atoms with Gasteiger partial charge in [0.15, 0.2) is 5.78 Å². The molecule has 1 aromatic carbocycles. The maximum Gasteiger partial charge on any atom is 0.159 e. The predicted octanol–water partition coefficient (Wildman–Crippen LogP) is 3.54. The fourth-order valence-electron chi connectivity index (χ4n) is 1.37. The second-order valence-corrected chi connectivity index (χ2v) is 4.09. The van der Waals surface area contributed by atoms with Gasteiger partial charge in [-0.15, -0.1) is 6.58 Å². The number of aryl methyl sites for hydroxylation is 1. The van der Waals surface area contributed by atoms with Crippen LogP contribution in [0.25, 0.3) is 0 Å². The molecule has 0 radical (unpaired) electrons. The van der Waals surface area contributed by atoms with Crippen molar-refractivity contribution in [2.24, 2.45) is 0 Å². The maximum atomic E-state index is 11.2. The molecule has 0 heterocycles. The van der Waals surface area contributed by atoms with Gasteiger partial charge < -0.3 is 4.74 Å². The molecule has 0 unspecified atom stereocenters. The van der Waals surface area contributed by atoms with Crippen molar-refractivity contribution < 1.29 is 9.53 Å². The Bertz CT molecular complexity index is 405. The summed E-state index contributed by atoms with van der Waals surface area (Å²) in [5.74, 6) is 0.919. The van der Waals surface area contributed by atoms with E-state index in [1.165, 1.54) is 0 Å². The van der Waals surface area contributed by atoms with E-state index >= 15 is 0 Å². The topological polar surface area (TPSA) is 26.3 Å². The molecule has 0 saturated heterocycles. The molecule has 0 spiro atoms. The Morgan fingerprint density at radius 2 is 2.06 bits per heavy atom. The molecule has 86 valence electrons. The molecule has 0 fully saturated rings. The summed E-state index contributed by atoms with van der Waals surface area (Å²) in [6.07, 6.45) is 0.855. The Kier molecular flexibility index (Phi) is 4.29. The summed E-state index contributed by atoms with van der Waals surface area (Å²) in [6.45, 7) is 9.95. The fourth-order valence-corrected chi connectivity index (χ4v) is 1.37. The van der Waals surface area contributed by atoms with Crippen molar-refractivity contribution in [3.63, 3.8) is 0 Å².